The highest BCUT2D eigenvalue weighted by Crippen LogP contribution is 2.20. The molecule has 1 atom stereocenters. The van der Waals surface area contributed by atoms with Gasteiger partial charge in [-0.25, -0.2) is 9.97 Å². The predicted octanol–water partition coefficient (Wildman–Crippen LogP) is 1.66. The van der Waals surface area contributed by atoms with Crippen molar-refractivity contribution in [3.63, 3.8) is 0 Å². The molecule has 0 aliphatic carbocycles. The monoisotopic (exact) mass is 349 g/mol. The molecular weight excluding hydrogens is 330 g/mol. The molecule has 8 nitrogen and oxygen atoms in total. The lowest BCUT2D eigenvalue weighted by Gasteiger charge is -2.32. The van der Waals surface area contributed by atoms with Crippen LogP contribution in [0, 0.1) is 0 Å². The van der Waals surface area contributed by atoms with E-state index in [9.17, 15) is 4.79 Å². The molecule has 0 spiro atoms. The Morgan fingerprint density at radius 2 is 1.92 bits per heavy atom. The molecule has 2 N–H and O–H groups in total. The second-order valence-corrected chi connectivity index (χ2v) is 6.19. The van der Waals surface area contributed by atoms with Gasteiger partial charge in [0.15, 0.2) is 5.69 Å². The van der Waals surface area contributed by atoms with E-state index in [1.54, 1.807) is 18.5 Å². The van der Waals surface area contributed by atoms with E-state index < -0.39 is 0 Å². The number of hydrogen-bond donors (Lipinski definition) is 2. The summed E-state index contributed by atoms with van der Waals surface area (Å²) in [6.07, 6.45) is 5.33. The topological polar surface area (TPSA) is 99.7 Å². The van der Waals surface area contributed by atoms with Gasteiger partial charge in [-0.2, -0.15) is 15.4 Å². The summed E-state index contributed by atoms with van der Waals surface area (Å²) in [5.74, 6) is 0.469. The van der Waals surface area contributed by atoms with E-state index in [1.165, 1.54) is 0 Å². The standard InChI is InChI=1S/C18H19N7O/c26-17(16-15(22-24-23-16)13-6-2-1-3-7-13)21-14-8-4-11-25(12-14)18-19-9-5-10-20-18/h1-3,5-7,9-10,14H,4,8,11-12H2,(H,21,26)(H,22,23,24)/t14-/m1/s1. The van der Waals surface area contributed by atoms with E-state index in [4.69, 9.17) is 0 Å². The van der Waals surface area contributed by atoms with Crippen molar-refractivity contribution in [2.45, 2.75) is 18.9 Å². The lowest BCUT2D eigenvalue weighted by Crippen LogP contribution is -2.48. The number of aromatic amines is 1. The molecule has 1 amide bonds. The first-order valence-electron chi connectivity index (χ1n) is 8.60. The number of carbonyl (C=O) groups excluding carboxylic acids is 1. The molecule has 1 aliphatic rings. The number of piperidine rings is 1. The van der Waals surface area contributed by atoms with E-state index >= 15 is 0 Å². The number of H-pyrrole nitrogens is 1. The maximum Gasteiger partial charge on any atom is 0.274 e. The van der Waals surface area contributed by atoms with E-state index in [2.05, 4.69) is 35.6 Å². The van der Waals surface area contributed by atoms with Crippen LogP contribution in [-0.4, -0.2) is 50.4 Å². The lowest BCUT2D eigenvalue weighted by atomic mass is 10.1. The van der Waals surface area contributed by atoms with Crippen LogP contribution in [0.2, 0.25) is 0 Å². The van der Waals surface area contributed by atoms with Crippen molar-refractivity contribution in [1.82, 2.24) is 30.7 Å². The second-order valence-electron chi connectivity index (χ2n) is 6.19. The number of nitrogens with one attached hydrogen (secondary N) is 2. The molecule has 1 aromatic carbocycles. The van der Waals surface area contributed by atoms with E-state index in [0.717, 1.165) is 24.9 Å². The Labute approximate surface area is 150 Å². The van der Waals surface area contributed by atoms with Crippen LogP contribution in [0.4, 0.5) is 5.95 Å². The van der Waals surface area contributed by atoms with Crippen LogP contribution in [0.25, 0.3) is 11.3 Å². The van der Waals surface area contributed by atoms with Gasteiger partial charge >= 0.3 is 0 Å². The van der Waals surface area contributed by atoms with Crippen molar-refractivity contribution < 1.29 is 4.79 Å². The van der Waals surface area contributed by atoms with Gasteiger partial charge in [0, 0.05) is 37.1 Å². The van der Waals surface area contributed by atoms with Crippen molar-refractivity contribution in [3.05, 3.63) is 54.5 Å². The molecule has 4 rings (SSSR count). The van der Waals surface area contributed by atoms with E-state index in [-0.39, 0.29) is 11.9 Å². The quantitative estimate of drug-likeness (QED) is 0.743. The summed E-state index contributed by atoms with van der Waals surface area (Å²) in [5.41, 5.74) is 1.72. The Balaban J connectivity index is 1.46. The highest BCUT2D eigenvalue weighted by Gasteiger charge is 2.25. The number of carbonyl (C=O) groups is 1. The Morgan fingerprint density at radius 3 is 2.73 bits per heavy atom. The van der Waals surface area contributed by atoms with Crippen LogP contribution in [-0.2, 0) is 0 Å². The van der Waals surface area contributed by atoms with Crippen LogP contribution in [0.3, 0.4) is 0 Å². The minimum Gasteiger partial charge on any atom is -0.346 e. The molecule has 1 aliphatic heterocycles. The second kappa shape index (κ2) is 7.30. The fourth-order valence-electron chi connectivity index (χ4n) is 3.17. The van der Waals surface area contributed by atoms with Gasteiger partial charge in [-0.05, 0) is 18.9 Å². The zero-order chi connectivity index (χ0) is 17.8. The molecule has 3 aromatic rings. The Morgan fingerprint density at radius 1 is 1.12 bits per heavy atom. The third-order valence-corrected chi connectivity index (χ3v) is 4.40. The average molecular weight is 349 g/mol. The molecule has 0 saturated carbocycles. The van der Waals surface area contributed by atoms with E-state index in [1.807, 2.05) is 30.3 Å². The molecular formula is C18H19N7O. The minimum absolute atomic E-state index is 0.0142. The first kappa shape index (κ1) is 16.2. The number of aromatic nitrogens is 5. The predicted molar refractivity (Wildman–Crippen MR) is 96.6 cm³/mol. The normalized spacial score (nSPS) is 17.1. The number of rotatable bonds is 4. The molecule has 2 aromatic heterocycles. The third-order valence-electron chi connectivity index (χ3n) is 4.40. The van der Waals surface area contributed by atoms with Crippen LogP contribution in [0.1, 0.15) is 23.3 Å². The van der Waals surface area contributed by atoms with Gasteiger partial charge < -0.3 is 10.2 Å². The molecule has 132 valence electrons. The Hall–Kier alpha value is -3.29. The summed E-state index contributed by atoms with van der Waals surface area (Å²) in [7, 11) is 0. The van der Waals surface area contributed by atoms with Crippen molar-refractivity contribution in [1.29, 1.82) is 0 Å². The van der Waals surface area contributed by atoms with Crippen molar-refractivity contribution in [2.24, 2.45) is 0 Å². The maximum absolute atomic E-state index is 12.7. The van der Waals surface area contributed by atoms with Gasteiger partial charge in [0.1, 0.15) is 5.69 Å². The SMILES string of the molecule is O=C(N[C@@H]1CCCN(c2ncccn2)C1)c1n[nH]nc1-c1ccccc1. The summed E-state index contributed by atoms with van der Waals surface area (Å²) < 4.78 is 0. The van der Waals surface area contributed by atoms with Gasteiger partial charge in [-0.15, -0.1) is 0 Å². The third kappa shape index (κ3) is 3.39. The van der Waals surface area contributed by atoms with Gasteiger partial charge in [0.2, 0.25) is 5.95 Å². The molecule has 0 unspecified atom stereocenters. The van der Waals surface area contributed by atoms with Crippen LogP contribution >= 0.6 is 0 Å². The van der Waals surface area contributed by atoms with Gasteiger partial charge in [-0.1, -0.05) is 30.3 Å². The molecule has 26 heavy (non-hydrogen) atoms. The minimum atomic E-state index is -0.224. The van der Waals surface area contributed by atoms with Crippen LogP contribution in [0.5, 0.6) is 0 Å². The maximum atomic E-state index is 12.7. The summed E-state index contributed by atoms with van der Waals surface area (Å²) >= 11 is 0. The molecule has 3 heterocycles. The highest BCUT2D eigenvalue weighted by atomic mass is 16.2. The zero-order valence-electron chi connectivity index (χ0n) is 14.2. The van der Waals surface area contributed by atoms with Crippen molar-refractivity contribution >= 4 is 11.9 Å². The Kier molecular flexibility index (Phi) is 4.55. The van der Waals surface area contributed by atoms with Gasteiger partial charge in [-0.3, -0.25) is 4.79 Å². The number of amides is 1. The summed E-state index contributed by atoms with van der Waals surface area (Å²) in [5, 5.41) is 13.8. The van der Waals surface area contributed by atoms with Crippen LogP contribution in [0.15, 0.2) is 48.8 Å². The first-order valence-corrected chi connectivity index (χ1v) is 8.60. The number of hydrogen-bond acceptors (Lipinski definition) is 6. The largest absolute Gasteiger partial charge is 0.346 e. The first-order chi connectivity index (χ1) is 12.8. The summed E-state index contributed by atoms with van der Waals surface area (Å²) in [4.78, 5) is 23.4. The highest BCUT2D eigenvalue weighted by molar-refractivity contribution is 5.98. The van der Waals surface area contributed by atoms with E-state index in [0.29, 0.717) is 23.9 Å². The van der Waals surface area contributed by atoms with Crippen LogP contribution < -0.4 is 10.2 Å². The van der Waals surface area contributed by atoms with Crippen molar-refractivity contribution in [2.75, 3.05) is 18.0 Å². The molecule has 0 radical (unpaired) electrons. The fraction of sp³-hybridized carbons (Fsp3) is 0.278. The van der Waals surface area contributed by atoms with Gasteiger partial charge in [0.25, 0.3) is 5.91 Å². The number of anilines is 1. The average Bonchev–Trinajstić information content (AvgIpc) is 3.20. The molecule has 1 saturated heterocycles. The Bertz CT molecular complexity index is 866. The number of nitrogens with zero attached hydrogens (tertiary/aromatic N) is 5. The van der Waals surface area contributed by atoms with Crippen molar-refractivity contribution in [3.8, 4) is 11.3 Å². The van der Waals surface area contributed by atoms with Gasteiger partial charge in [0.05, 0.1) is 0 Å². The molecule has 1 fully saturated rings. The fourth-order valence-corrected chi connectivity index (χ4v) is 3.17. The zero-order valence-corrected chi connectivity index (χ0v) is 14.2. The summed E-state index contributed by atoms with van der Waals surface area (Å²) in [6, 6.07) is 11.4. The lowest BCUT2D eigenvalue weighted by molar-refractivity contribution is 0.0928. The molecule has 0 bridgehead atoms. The smallest absolute Gasteiger partial charge is 0.274 e. The molecule has 8 heteroatoms. The number of benzene rings is 1. The summed E-state index contributed by atoms with van der Waals surface area (Å²) in [6.45, 7) is 1.56.